The van der Waals surface area contributed by atoms with Crippen molar-refractivity contribution < 1.29 is 5.11 Å². The molecule has 0 amide bonds. The molecule has 0 saturated carbocycles. The van der Waals surface area contributed by atoms with Crippen LogP contribution in [0.3, 0.4) is 0 Å². The molecule has 2 unspecified atom stereocenters. The van der Waals surface area contributed by atoms with Gasteiger partial charge in [0.1, 0.15) is 0 Å². The Hall–Kier alpha value is -0.900. The first-order valence-electron chi connectivity index (χ1n) is 3.92. The third-order valence-corrected chi connectivity index (χ3v) is 1.86. The smallest absolute Gasteiger partial charge is 0.0601 e. The minimum atomic E-state index is -0.382. The molecule has 1 rings (SSSR count). The number of nitrogens with two attached hydrogens (primary N) is 2. The molecule has 0 bridgehead atoms. The summed E-state index contributed by atoms with van der Waals surface area (Å²) >= 11 is 0. The Kier molecular flexibility index (Phi) is 3.22. The molecule has 0 radical (unpaired) electrons. The van der Waals surface area contributed by atoms with Crippen LogP contribution in [0.2, 0.25) is 0 Å². The summed E-state index contributed by atoms with van der Waals surface area (Å²) in [6.07, 6.45) is 0. The minimum Gasteiger partial charge on any atom is -0.395 e. The third kappa shape index (κ3) is 2.04. The number of benzene rings is 1. The van der Waals surface area contributed by atoms with Crippen LogP contribution in [0.15, 0.2) is 30.3 Å². The van der Waals surface area contributed by atoms with Crippen molar-refractivity contribution in [3.63, 3.8) is 0 Å². The fourth-order valence-corrected chi connectivity index (χ4v) is 1.04. The maximum absolute atomic E-state index is 8.76. The molecule has 0 heterocycles. The summed E-state index contributed by atoms with van der Waals surface area (Å²) in [4.78, 5) is 0. The maximum Gasteiger partial charge on any atom is 0.0601 e. The van der Waals surface area contributed by atoms with E-state index in [0.717, 1.165) is 5.56 Å². The van der Waals surface area contributed by atoms with Crippen molar-refractivity contribution in [2.75, 3.05) is 6.61 Å². The molecule has 0 spiro atoms. The van der Waals surface area contributed by atoms with Gasteiger partial charge in [-0.3, -0.25) is 0 Å². The summed E-state index contributed by atoms with van der Waals surface area (Å²) in [5.74, 6) is 0. The Morgan fingerprint density at radius 3 is 2.25 bits per heavy atom. The van der Waals surface area contributed by atoms with Gasteiger partial charge >= 0.3 is 0 Å². The summed E-state index contributed by atoms with van der Waals surface area (Å²) in [6.45, 7) is -0.0872. The maximum atomic E-state index is 8.76. The van der Waals surface area contributed by atoms with E-state index >= 15 is 0 Å². The highest BCUT2D eigenvalue weighted by Crippen LogP contribution is 2.11. The second kappa shape index (κ2) is 4.21. The van der Waals surface area contributed by atoms with Crippen LogP contribution in [0.1, 0.15) is 11.6 Å². The highest BCUT2D eigenvalue weighted by atomic mass is 16.3. The van der Waals surface area contributed by atoms with Crippen molar-refractivity contribution in [3.8, 4) is 0 Å². The highest BCUT2D eigenvalue weighted by molar-refractivity contribution is 5.19. The van der Waals surface area contributed by atoms with Gasteiger partial charge in [-0.2, -0.15) is 0 Å². The topological polar surface area (TPSA) is 72.3 Å². The predicted molar refractivity (Wildman–Crippen MR) is 48.4 cm³/mol. The second-order valence-corrected chi connectivity index (χ2v) is 2.78. The number of aliphatic hydroxyl groups excluding tert-OH is 1. The monoisotopic (exact) mass is 166 g/mol. The fraction of sp³-hybridized carbons (Fsp3) is 0.333. The molecule has 1 aromatic rings. The molecule has 3 heteroatoms. The van der Waals surface area contributed by atoms with Gasteiger partial charge in [0.25, 0.3) is 0 Å². The van der Waals surface area contributed by atoms with E-state index in [2.05, 4.69) is 0 Å². The van der Waals surface area contributed by atoms with E-state index in [0.29, 0.717) is 0 Å². The molecule has 5 N–H and O–H groups in total. The standard InChI is InChI=1S/C9H14N2O/c10-8(6-12)9(11)7-4-2-1-3-5-7/h1-5,8-9,12H,6,10-11H2. The van der Waals surface area contributed by atoms with Crippen molar-refractivity contribution in [1.29, 1.82) is 0 Å². The van der Waals surface area contributed by atoms with E-state index in [9.17, 15) is 0 Å². The van der Waals surface area contributed by atoms with Crippen LogP contribution < -0.4 is 11.5 Å². The third-order valence-electron chi connectivity index (χ3n) is 1.86. The van der Waals surface area contributed by atoms with Gasteiger partial charge in [0.15, 0.2) is 0 Å². The predicted octanol–water partition coefficient (Wildman–Crippen LogP) is 0.00600. The molecule has 12 heavy (non-hydrogen) atoms. The first kappa shape index (κ1) is 9.19. The van der Waals surface area contributed by atoms with Crippen LogP contribution in [0.4, 0.5) is 0 Å². The first-order chi connectivity index (χ1) is 5.75. The molecule has 0 aliphatic rings. The number of aliphatic hydroxyl groups is 1. The average molecular weight is 166 g/mol. The summed E-state index contributed by atoms with van der Waals surface area (Å²) in [5, 5.41) is 8.76. The van der Waals surface area contributed by atoms with Crippen LogP contribution >= 0.6 is 0 Å². The molecule has 3 nitrogen and oxygen atoms in total. The van der Waals surface area contributed by atoms with E-state index in [4.69, 9.17) is 16.6 Å². The average Bonchev–Trinajstić information content (AvgIpc) is 2.17. The SMILES string of the molecule is NC(CO)C(N)c1ccccc1. The van der Waals surface area contributed by atoms with Gasteiger partial charge in [0, 0.05) is 12.1 Å². The lowest BCUT2D eigenvalue weighted by Gasteiger charge is -2.17. The largest absolute Gasteiger partial charge is 0.395 e. The van der Waals surface area contributed by atoms with Crippen molar-refractivity contribution in [2.45, 2.75) is 12.1 Å². The van der Waals surface area contributed by atoms with Gasteiger partial charge in [-0.05, 0) is 5.56 Å². The Morgan fingerprint density at radius 1 is 1.17 bits per heavy atom. The Labute approximate surface area is 72.0 Å². The Morgan fingerprint density at radius 2 is 1.75 bits per heavy atom. The lowest BCUT2D eigenvalue weighted by atomic mass is 10.0. The lowest BCUT2D eigenvalue weighted by Crippen LogP contribution is -2.36. The van der Waals surface area contributed by atoms with E-state index < -0.39 is 0 Å². The van der Waals surface area contributed by atoms with Gasteiger partial charge in [0.05, 0.1) is 6.61 Å². The van der Waals surface area contributed by atoms with Crippen molar-refractivity contribution in [2.24, 2.45) is 11.5 Å². The molecule has 0 fully saturated rings. The van der Waals surface area contributed by atoms with Crippen molar-refractivity contribution in [1.82, 2.24) is 0 Å². The van der Waals surface area contributed by atoms with Gasteiger partial charge in [-0.15, -0.1) is 0 Å². The van der Waals surface area contributed by atoms with Crippen LogP contribution in [0.5, 0.6) is 0 Å². The second-order valence-electron chi connectivity index (χ2n) is 2.78. The minimum absolute atomic E-state index is 0.0872. The molecular formula is C9H14N2O. The zero-order valence-electron chi connectivity index (χ0n) is 6.85. The van der Waals surface area contributed by atoms with Gasteiger partial charge < -0.3 is 16.6 Å². The normalized spacial score (nSPS) is 15.6. The Balaban J connectivity index is 2.71. The van der Waals surface area contributed by atoms with Crippen LogP contribution in [0.25, 0.3) is 0 Å². The molecule has 2 atom stereocenters. The van der Waals surface area contributed by atoms with Gasteiger partial charge in [-0.1, -0.05) is 30.3 Å². The van der Waals surface area contributed by atoms with Crippen molar-refractivity contribution in [3.05, 3.63) is 35.9 Å². The molecule has 0 saturated heterocycles. The highest BCUT2D eigenvalue weighted by Gasteiger charge is 2.12. The fourth-order valence-electron chi connectivity index (χ4n) is 1.04. The van der Waals surface area contributed by atoms with Gasteiger partial charge in [-0.25, -0.2) is 0 Å². The number of hydrogen-bond acceptors (Lipinski definition) is 3. The summed E-state index contributed by atoms with van der Waals surface area (Å²) in [6, 6.07) is 8.86. The quantitative estimate of drug-likeness (QED) is 0.592. The zero-order valence-corrected chi connectivity index (χ0v) is 6.85. The van der Waals surface area contributed by atoms with Crippen LogP contribution in [-0.4, -0.2) is 17.8 Å². The molecule has 0 aliphatic carbocycles. The number of rotatable bonds is 3. The van der Waals surface area contributed by atoms with E-state index in [1.54, 1.807) is 0 Å². The van der Waals surface area contributed by atoms with Gasteiger partial charge in [0.2, 0.25) is 0 Å². The van der Waals surface area contributed by atoms with Crippen LogP contribution in [-0.2, 0) is 0 Å². The zero-order chi connectivity index (χ0) is 8.97. The Bertz CT molecular complexity index is 225. The molecule has 0 aliphatic heterocycles. The summed E-state index contributed by atoms with van der Waals surface area (Å²) in [7, 11) is 0. The molecule has 1 aromatic carbocycles. The van der Waals surface area contributed by atoms with Crippen LogP contribution in [0, 0.1) is 0 Å². The first-order valence-corrected chi connectivity index (χ1v) is 3.92. The summed E-state index contributed by atoms with van der Waals surface area (Å²) in [5.41, 5.74) is 12.3. The molecular weight excluding hydrogens is 152 g/mol. The van der Waals surface area contributed by atoms with Crippen molar-refractivity contribution >= 4 is 0 Å². The lowest BCUT2D eigenvalue weighted by molar-refractivity contribution is 0.250. The van der Waals surface area contributed by atoms with E-state index in [-0.39, 0.29) is 18.7 Å². The molecule has 66 valence electrons. The number of hydrogen-bond donors (Lipinski definition) is 3. The molecule has 0 aromatic heterocycles. The van der Waals surface area contributed by atoms with E-state index in [1.165, 1.54) is 0 Å². The summed E-state index contributed by atoms with van der Waals surface area (Å²) < 4.78 is 0. The van der Waals surface area contributed by atoms with E-state index in [1.807, 2.05) is 30.3 Å².